The molecule has 2 aromatic carbocycles. The van der Waals surface area contributed by atoms with Crippen molar-refractivity contribution in [3.8, 4) is 0 Å². The van der Waals surface area contributed by atoms with Gasteiger partial charge in [-0.25, -0.2) is 13.1 Å². The summed E-state index contributed by atoms with van der Waals surface area (Å²) >= 11 is 5.92. The summed E-state index contributed by atoms with van der Waals surface area (Å²) in [5.41, 5.74) is 1.48. The number of carbonyl (C=O) groups is 2. The average molecular weight is 479 g/mol. The fourth-order valence-corrected chi connectivity index (χ4v) is 4.83. The summed E-state index contributed by atoms with van der Waals surface area (Å²) in [5, 5.41) is 2.88. The molecule has 1 aliphatic heterocycles. The maximum atomic E-state index is 12.6. The highest BCUT2D eigenvalue weighted by atomic mass is 35.5. The van der Waals surface area contributed by atoms with Crippen LogP contribution >= 0.6 is 11.6 Å². The van der Waals surface area contributed by atoms with Crippen LogP contribution in [0.5, 0.6) is 0 Å². The van der Waals surface area contributed by atoms with E-state index in [1.165, 1.54) is 12.1 Å². The second-order valence-electron chi connectivity index (χ2n) is 7.65. The quantitative estimate of drug-likeness (QED) is 0.602. The highest BCUT2D eigenvalue weighted by Crippen LogP contribution is 2.20. The molecule has 2 aromatic rings. The molecule has 0 bridgehead atoms. The second-order valence-corrected chi connectivity index (χ2v) is 9.79. The third-order valence-electron chi connectivity index (χ3n) is 5.25. The lowest BCUT2D eigenvalue weighted by Gasteiger charge is -2.32. The van der Waals surface area contributed by atoms with E-state index in [4.69, 9.17) is 11.6 Å². The van der Waals surface area contributed by atoms with Crippen LogP contribution in [0, 0.1) is 0 Å². The molecule has 1 saturated heterocycles. The smallest absolute Gasteiger partial charge is 0.253 e. The molecular formula is C22H27ClN4O4S. The molecule has 172 valence electrons. The first-order chi connectivity index (χ1) is 15.3. The van der Waals surface area contributed by atoms with E-state index >= 15 is 0 Å². The normalized spacial score (nSPS) is 14.9. The number of sulfonamides is 1. The standard InChI is InChI=1S/C22H27ClN4O4S/c1-26-12-14-27(15-13-26)22(29)18-8-6-17(7-9-18)16-24-21(28)10-11-25-32(30,31)20-5-3-2-4-19(20)23/h2-9,25H,10-16H2,1H3,(H,24,28). The van der Waals surface area contributed by atoms with Crippen LogP contribution in [0.15, 0.2) is 53.4 Å². The lowest BCUT2D eigenvalue weighted by Crippen LogP contribution is -2.47. The zero-order chi connectivity index (χ0) is 23.1. The van der Waals surface area contributed by atoms with E-state index in [9.17, 15) is 18.0 Å². The van der Waals surface area contributed by atoms with Crippen molar-refractivity contribution in [1.29, 1.82) is 0 Å². The van der Waals surface area contributed by atoms with Crippen molar-refractivity contribution in [2.45, 2.75) is 17.9 Å². The van der Waals surface area contributed by atoms with E-state index in [0.29, 0.717) is 25.2 Å². The van der Waals surface area contributed by atoms with Gasteiger partial charge >= 0.3 is 0 Å². The van der Waals surface area contributed by atoms with Crippen LogP contribution in [0.3, 0.4) is 0 Å². The van der Waals surface area contributed by atoms with Gasteiger partial charge in [0.1, 0.15) is 4.90 Å². The molecule has 0 aliphatic carbocycles. The summed E-state index contributed by atoms with van der Waals surface area (Å²) in [6.45, 7) is 3.41. The van der Waals surface area contributed by atoms with E-state index in [2.05, 4.69) is 14.9 Å². The largest absolute Gasteiger partial charge is 0.352 e. The summed E-state index contributed by atoms with van der Waals surface area (Å²) in [6, 6.07) is 13.3. The number of piperazine rings is 1. The summed E-state index contributed by atoms with van der Waals surface area (Å²) in [4.78, 5) is 28.7. The molecule has 0 aromatic heterocycles. The number of nitrogens with zero attached hydrogens (tertiary/aromatic N) is 2. The maximum absolute atomic E-state index is 12.6. The molecule has 10 heteroatoms. The Hall–Kier alpha value is -2.46. The Kier molecular flexibility index (Phi) is 8.25. The highest BCUT2D eigenvalue weighted by Gasteiger charge is 2.20. The molecule has 8 nitrogen and oxygen atoms in total. The number of amides is 2. The summed E-state index contributed by atoms with van der Waals surface area (Å²) in [6.07, 6.45) is -0.0103. The maximum Gasteiger partial charge on any atom is 0.253 e. The van der Waals surface area contributed by atoms with Gasteiger partial charge in [-0.15, -0.1) is 0 Å². The van der Waals surface area contributed by atoms with E-state index in [-0.39, 0.29) is 34.7 Å². The monoisotopic (exact) mass is 478 g/mol. The van der Waals surface area contributed by atoms with Crippen molar-refractivity contribution >= 4 is 33.4 Å². The highest BCUT2D eigenvalue weighted by molar-refractivity contribution is 7.89. The van der Waals surface area contributed by atoms with Gasteiger partial charge in [0, 0.05) is 51.3 Å². The predicted molar refractivity (Wildman–Crippen MR) is 123 cm³/mol. The van der Waals surface area contributed by atoms with Gasteiger partial charge in [0.2, 0.25) is 15.9 Å². The molecule has 0 radical (unpaired) electrons. The fourth-order valence-electron chi connectivity index (χ4n) is 3.29. The molecule has 32 heavy (non-hydrogen) atoms. The van der Waals surface area contributed by atoms with Gasteiger partial charge in [0.05, 0.1) is 5.02 Å². The van der Waals surface area contributed by atoms with Crippen molar-refractivity contribution in [1.82, 2.24) is 19.8 Å². The first kappa shape index (κ1) is 24.2. The number of rotatable bonds is 8. The number of carbonyl (C=O) groups excluding carboxylic acids is 2. The number of likely N-dealkylation sites (N-methyl/N-ethyl adjacent to an activating group) is 1. The zero-order valence-corrected chi connectivity index (χ0v) is 19.5. The molecule has 0 unspecified atom stereocenters. The first-order valence-electron chi connectivity index (χ1n) is 10.3. The van der Waals surface area contributed by atoms with Crippen molar-refractivity contribution in [2.24, 2.45) is 0 Å². The molecule has 1 aliphatic rings. The second kappa shape index (κ2) is 10.9. The topological polar surface area (TPSA) is 98.8 Å². The van der Waals surface area contributed by atoms with Crippen molar-refractivity contribution in [3.05, 3.63) is 64.7 Å². The minimum absolute atomic E-state index is 0.0103. The van der Waals surface area contributed by atoms with Crippen LogP contribution in [0.2, 0.25) is 5.02 Å². The van der Waals surface area contributed by atoms with Gasteiger partial charge in [-0.3, -0.25) is 9.59 Å². The third-order valence-corrected chi connectivity index (χ3v) is 7.21. The van der Waals surface area contributed by atoms with Gasteiger partial charge in [-0.1, -0.05) is 35.9 Å². The van der Waals surface area contributed by atoms with E-state index in [1.807, 2.05) is 24.1 Å². The van der Waals surface area contributed by atoms with Crippen LogP contribution in [0.1, 0.15) is 22.3 Å². The number of hydrogen-bond acceptors (Lipinski definition) is 5. The molecule has 2 amide bonds. The predicted octanol–water partition coefficient (Wildman–Crippen LogP) is 1.71. The number of halogens is 1. The van der Waals surface area contributed by atoms with E-state index < -0.39 is 10.0 Å². The average Bonchev–Trinajstić information content (AvgIpc) is 2.78. The van der Waals surface area contributed by atoms with Gasteiger partial charge < -0.3 is 15.1 Å². The Bertz CT molecular complexity index is 1050. The van der Waals surface area contributed by atoms with Crippen molar-refractivity contribution in [3.63, 3.8) is 0 Å². The van der Waals surface area contributed by atoms with Gasteiger partial charge in [-0.2, -0.15) is 0 Å². The summed E-state index contributed by atoms with van der Waals surface area (Å²) < 4.78 is 26.9. The number of nitrogens with one attached hydrogen (secondary N) is 2. The van der Waals surface area contributed by atoms with Crippen molar-refractivity contribution < 1.29 is 18.0 Å². The third kappa shape index (κ3) is 6.52. The molecular weight excluding hydrogens is 452 g/mol. The Morgan fingerprint density at radius 3 is 2.31 bits per heavy atom. The minimum Gasteiger partial charge on any atom is -0.352 e. The SMILES string of the molecule is CN1CCN(C(=O)c2ccc(CNC(=O)CCNS(=O)(=O)c3ccccc3Cl)cc2)CC1. The molecule has 1 fully saturated rings. The van der Waals surface area contributed by atoms with Crippen molar-refractivity contribution in [2.75, 3.05) is 39.8 Å². The van der Waals surface area contributed by atoms with Crippen LogP contribution in [0.25, 0.3) is 0 Å². The molecule has 3 rings (SSSR count). The van der Waals surface area contributed by atoms with Gasteiger partial charge in [0.15, 0.2) is 0 Å². The molecule has 0 saturated carbocycles. The van der Waals surface area contributed by atoms with Gasteiger partial charge in [0.25, 0.3) is 5.91 Å². The fraction of sp³-hybridized carbons (Fsp3) is 0.364. The summed E-state index contributed by atoms with van der Waals surface area (Å²) in [5.74, 6) is -0.274. The molecule has 1 heterocycles. The Morgan fingerprint density at radius 2 is 1.66 bits per heavy atom. The molecule has 0 atom stereocenters. The number of hydrogen-bond donors (Lipinski definition) is 2. The van der Waals surface area contributed by atoms with Crippen LogP contribution in [-0.4, -0.2) is 69.8 Å². The van der Waals surface area contributed by atoms with Crippen LogP contribution in [-0.2, 0) is 21.4 Å². The first-order valence-corrected chi connectivity index (χ1v) is 12.2. The molecule has 2 N–H and O–H groups in total. The zero-order valence-electron chi connectivity index (χ0n) is 17.9. The van der Waals surface area contributed by atoms with E-state index in [0.717, 1.165) is 18.7 Å². The Labute approximate surface area is 193 Å². The molecule has 0 spiro atoms. The van der Waals surface area contributed by atoms with E-state index in [1.54, 1.807) is 24.3 Å². The van der Waals surface area contributed by atoms with Crippen LogP contribution < -0.4 is 10.0 Å². The lowest BCUT2D eigenvalue weighted by molar-refractivity contribution is -0.121. The summed E-state index contributed by atoms with van der Waals surface area (Å²) in [7, 11) is -1.74. The van der Waals surface area contributed by atoms with Crippen LogP contribution in [0.4, 0.5) is 0 Å². The van der Waals surface area contributed by atoms with Gasteiger partial charge in [-0.05, 0) is 36.9 Å². The Balaban J connectivity index is 1.43. The Morgan fingerprint density at radius 1 is 1.00 bits per heavy atom. The lowest BCUT2D eigenvalue weighted by atomic mass is 10.1. The minimum atomic E-state index is -3.78. The number of benzene rings is 2.